The zero-order valence-corrected chi connectivity index (χ0v) is 14.5. The van der Waals surface area contributed by atoms with Crippen LogP contribution in [0.15, 0.2) is 30.3 Å². The molecule has 0 saturated heterocycles. The highest BCUT2D eigenvalue weighted by Crippen LogP contribution is 2.08. The lowest BCUT2D eigenvalue weighted by atomic mass is 10.1. The fourth-order valence-corrected chi connectivity index (χ4v) is 2.57. The second-order valence-corrected chi connectivity index (χ2v) is 6.11. The van der Waals surface area contributed by atoms with E-state index in [1.807, 2.05) is 18.2 Å². The molecule has 1 rings (SSSR count). The molecule has 0 saturated carbocycles. The van der Waals surface area contributed by atoms with Crippen LogP contribution in [-0.2, 0) is 4.79 Å². The number of hydrogen-bond donors (Lipinski definition) is 1. The lowest BCUT2D eigenvalue weighted by Gasteiger charge is -2.05. The van der Waals surface area contributed by atoms with Crippen LogP contribution in [0.5, 0.6) is 0 Å². The van der Waals surface area contributed by atoms with Crippen molar-refractivity contribution in [3.8, 4) is 0 Å². The second kappa shape index (κ2) is 12.9. The van der Waals surface area contributed by atoms with E-state index >= 15 is 0 Å². The maximum atomic E-state index is 11.9. The van der Waals surface area contributed by atoms with Gasteiger partial charge >= 0.3 is 0 Å². The average Bonchev–Trinajstić information content (AvgIpc) is 2.59. The Hall–Kier alpha value is -1.64. The Morgan fingerprint density at radius 1 is 0.826 bits per heavy atom. The van der Waals surface area contributed by atoms with Crippen LogP contribution < -0.4 is 5.32 Å². The highest BCUT2D eigenvalue weighted by atomic mass is 16.2. The molecule has 0 bridgehead atoms. The van der Waals surface area contributed by atoms with E-state index in [4.69, 9.17) is 0 Å². The van der Waals surface area contributed by atoms with Gasteiger partial charge in [-0.05, 0) is 6.42 Å². The minimum Gasteiger partial charge on any atom is -0.356 e. The summed E-state index contributed by atoms with van der Waals surface area (Å²) in [5.41, 5.74) is 0.684. The first-order valence-electron chi connectivity index (χ1n) is 9.09. The molecule has 1 amide bonds. The Bertz CT molecular complexity index is 442. The minimum absolute atomic E-state index is 0.0165. The van der Waals surface area contributed by atoms with Gasteiger partial charge in [0.2, 0.25) is 5.91 Å². The highest BCUT2D eigenvalue weighted by Gasteiger charge is 2.08. The molecule has 0 fully saturated rings. The third-order valence-corrected chi connectivity index (χ3v) is 4.03. The number of carbonyl (C=O) groups excluding carboxylic acids is 2. The van der Waals surface area contributed by atoms with Gasteiger partial charge < -0.3 is 5.32 Å². The van der Waals surface area contributed by atoms with Gasteiger partial charge in [-0.1, -0.05) is 82.2 Å². The standard InChI is InChI=1S/C20H31NO2/c1-2-3-4-5-6-7-8-12-17-21-20(23)16-15-19(22)18-13-10-9-11-14-18/h9-11,13-14H,2-8,12,15-17H2,1H3,(H,21,23). The molecule has 0 aliphatic heterocycles. The summed E-state index contributed by atoms with van der Waals surface area (Å²) in [6.45, 7) is 2.96. The first kappa shape index (κ1) is 19.4. The fraction of sp³-hybridized carbons (Fsp3) is 0.600. The zero-order chi connectivity index (χ0) is 16.8. The molecule has 0 aromatic heterocycles. The van der Waals surface area contributed by atoms with Gasteiger partial charge in [0.25, 0.3) is 0 Å². The van der Waals surface area contributed by atoms with E-state index in [9.17, 15) is 9.59 Å². The Kier molecular flexibility index (Phi) is 10.9. The molecule has 0 radical (unpaired) electrons. The van der Waals surface area contributed by atoms with Gasteiger partial charge in [-0.25, -0.2) is 0 Å². The van der Waals surface area contributed by atoms with E-state index in [2.05, 4.69) is 12.2 Å². The summed E-state index contributed by atoms with van der Waals surface area (Å²) in [7, 11) is 0. The molecule has 1 N–H and O–H groups in total. The van der Waals surface area contributed by atoms with Gasteiger partial charge in [0.15, 0.2) is 5.78 Å². The third-order valence-electron chi connectivity index (χ3n) is 4.03. The third kappa shape index (κ3) is 9.88. The summed E-state index contributed by atoms with van der Waals surface area (Å²) in [5, 5.41) is 2.91. The van der Waals surface area contributed by atoms with Gasteiger partial charge in [-0.2, -0.15) is 0 Å². The van der Waals surface area contributed by atoms with Crippen molar-refractivity contribution in [2.24, 2.45) is 0 Å². The molecule has 3 nitrogen and oxygen atoms in total. The first-order valence-corrected chi connectivity index (χ1v) is 9.09. The average molecular weight is 317 g/mol. The highest BCUT2D eigenvalue weighted by molar-refractivity contribution is 5.97. The van der Waals surface area contributed by atoms with E-state index < -0.39 is 0 Å². The van der Waals surface area contributed by atoms with Crippen LogP contribution in [0.25, 0.3) is 0 Å². The van der Waals surface area contributed by atoms with E-state index in [1.165, 1.54) is 44.9 Å². The summed E-state index contributed by atoms with van der Waals surface area (Å²) in [6, 6.07) is 9.15. The molecule has 3 heteroatoms. The number of unbranched alkanes of at least 4 members (excludes halogenated alkanes) is 7. The smallest absolute Gasteiger partial charge is 0.220 e. The Labute approximate surface area is 140 Å². The van der Waals surface area contributed by atoms with Gasteiger partial charge in [0.05, 0.1) is 0 Å². The molecule has 0 atom stereocenters. The van der Waals surface area contributed by atoms with Crippen LogP contribution in [0.2, 0.25) is 0 Å². The molecule has 23 heavy (non-hydrogen) atoms. The lowest BCUT2D eigenvalue weighted by Crippen LogP contribution is -2.24. The summed E-state index contributed by atoms with van der Waals surface area (Å²) in [4.78, 5) is 23.6. The number of rotatable bonds is 13. The van der Waals surface area contributed by atoms with Crippen molar-refractivity contribution in [1.29, 1.82) is 0 Å². The van der Waals surface area contributed by atoms with E-state index in [-0.39, 0.29) is 24.5 Å². The molecule has 1 aromatic rings. The molecule has 0 aliphatic rings. The summed E-state index contributed by atoms with van der Waals surface area (Å²) in [6.07, 6.45) is 10.7. The van der Waals surface area contributed by atoms with E-state index in [0.717, 1.165) is 13.0 Å². The lowest BCUT2D eigenvalue weighted by molar-refractivity contribution is -0.121. The van der Waals surface area contributed by atoms with Gasteiger partial charge in [0.1, 0.15) is 0 Å². The molecule has 0 unspecified atom stereocenters. The molecule has 0 heterocycles. The SMILES string of the molecule is CCCCCCCCCCNC(=O)CCC(=O)c1ccccc1. The number of Topliss-reactive ketones (excluding diaryl/α,β-unsaturated/α-hetero) is 1. The quantitative estimate of drug-likeness (QED) is 0.415. The fourth-order valence-electron chi connectivity index (χ4n) is 2.57. The molecular weight excluding hydrogens is 286 g/mol. The van der Waals surface area contributed by atoms with Crippen LogP contribution in [-0.4, -0.2) is 18.2 Å². The van der Waals surface area contributed by atoms with Crippen molar-refractivity contribution in [2.75, 3.05) is 6.54 Å². The predicted molar refractivity (Wildman–Crippen MR) is 95.6 cm³/mol. The van der Waals surface area contributed by atoms with Crippen molar-refractivity contribution in [1.82, 2.24) is 5.32 Å². The summed E-state index contributed by atoms with van der Waals surface area (Å²) >= 11 is 0. The number of carbonyl (C=O) groups is 2. The number of nitrogens with one attached hydrogen (secondary N) is 1. The Balaban J connectivity index is 1.97. The topological polar surface area (TPSA) is 46.2 Å². The number of ketones is 1. The molecule has 0 spiro atoms. The summed E-state index contributed by atoms with van der Waals surface area (Å²) < 4.78 is 0. The minimum atomic E-state index is -0.0165. The van der Waals surface area contributed by atoms with Crippen LogP contribution in [0, 0.1) is 0 Å². The monoisotopic (exact) mass is 317 g/mol. The van der Waals surface area contributed by atoms with Gasteiger partial charge in [-0.15, -0.1) is 0 Å². The van der Waals surface area contributed by atoms with E-state index in [1.54, 1.807) is 12.1 Å². The van der Waals surface area contributed by atoms with Crippen molar-refractivity contribution < 1.29 is 9.59 Å². The van der Waals surface area contributed by atoms with E-state index in [0.29, 0.717) is 5.56 Å². The first-order chi connectivity index (χ1) is 11.2. The largest absolute Gasteiger partial charge is 0.356 e. The molecule has 0 aliphatic carbocycles. The summed E-state index contributed by atoms with van der Waals surface area (Å²) in [5.74, 6) is 0.0186. The van der Waals surface area contributed by atoms with Crippen LogP contribution >= 0.6 is 0 Å². The number of benzene rings is 1. The number of amides is 1. The maximum Gasteiger partial charge on any atom is 0.220 e. The number of hydrogen-bond acceptors (Lipinski definition) is 2. The van der Waals surface area contributed by atoms with Crippen LogP contribution in [0.4, 0.5) is 0 Å². The Morgan fingerprint density at radius 2 is 1.43 bits per heavy atom. The normalized spacial score (nSPS) is 10.5. The molecular formula is C20H31NO2. The second-order valence-electron chi connectivity index (χ2n) is 6.11. The van der Waals surface area contributed by atoms with Gasteiger partial charge in [0, 0.05) is 24.9 Å². The predicted octanol–water partition coefficient (Wildman–Crippen LogP) is 4.91. The maximum absolute atomic E-state index is 11.9. The van der Waals surface area contributed by atoms with Crippen molar-refractivity contribution in [2.45, 2.75) is 71.1 Å². The van der Waals surface area contributed by atoms with Crippen LogP contribution in [0.3, 0.4) is 0 Å². The van der Waals surface area contributed by atoms with Gasteiger partial charge in [-0.3, -0.25) is 9.59 Å². The van der Waals surface area contributed by atoms with Crippen molar-refractivity contribution in [3.63, 3.8) is 0 Å². The van der Waals surface area contributed by atoms with Crippen molar-refractivity contribution >= 4 is 11.7 Å². The molecule has 1 aromatic carbocycles. The van der Waals surface area contributed by atoms with Crippen molar-refractivity contribution in [3.05, 3.63) is 35.9 Å². The Morgan fingerprint density at radius 3 is 2.09 bits per heavy atom. The molecule has 128 valence electrons. The van der Waals surface area contributed by atoms with Crippen LogP contribution in [0.1, 0.15) is 81.5 Å². The zero-order valence-electron chi connectivity index (χ0n) is 14.5.